The highest BCUT2D eigenvalue weighted by Gasteiger charge is 2.07. The molecule has 0 aliphatic heterocycles. The highest BCUT2D eigenvalue weighted by Crippen LogP contribution is 2.20. The Kier molecular flexibility index (Phi) is 6.01. The first-order valence-corrected chi connectivity index (χ1v) is 12.1. The van der Waals surface area contributed by atoms with Crippen LogP contribution in [0.5, 0.6) is 0 Å². The Morgan fingerprint density at radius 2 is 1.61 bits per heavy atom. The summed E-state index contributed by atoms with van der Waals surface area (Å²) in [6, 6.07) is 18.6. The van der Waals surface area contributed by atoms with Crippen molar-refractivity contribution in [3.8, 4) is 11.5 Å². The summed E-state index contributed by atoms with van der Waals surface area (Å²) in [6.45, 7) is 6.68. The van der Waals surface area contributed by atoms with Crippen LogP contribution >= 0.6 is 11.8 Å². The van der Waals surface area contributed by atoms with Gasteiger partial charge < -0.3 is 0 Å². The minimum absolute atomic E-state index is 0.808. The molecule has 0 fully saturated rings. The average Bonchev–Trinajstić information content (AvgIpc) is 2.54. The molecule has 0 N–H and O–H groups in total. The van der Waals surface area contributed by atoms with Gasteiger partial charge in [0.1, 0.15) is 14.1 Å². The molecule has 0 aliphatic rings. The normalized spacial score (nSPS) is 10.3. The first kappa shape index (κ1) is 17.3. The van der Waals surface area contributed by atoms with Crippen LogP contribution in [0.25, 0.3) is 0 Å². The molecule has 0 aromatic heterocycles. The van der Waals surface area contributed by atoms with E-state index in [1.165, 1.54) is 4.90 Å². The molecule has 0 amide bonds. The van der Waals surface area contributed by atoms with Gasteiger partial charge in [-0.15, -0.1) is 17.3 Å². The summed E-state index contributed by atoms with van der Waals surface area (Å²) in [5.41, 5.74) is 5.95. The number of hydrogen-bond acceptors (Lipinski definition) is 3. The molecule has 0 spiro atoms. The fourth-order valence-corrected chi connectivity index (χ4v) is 2.64. The van der Waals surface area contributed by atoms with Crippen LogP contribution in [0.1, 0.15) is 5.56 Å². The van der Waals surface area contributed by atoms with Crippen molar-refractivity contribution < 1.29 is 0 Å². The predicted molar refractivity (Wildman–Crippen MR) is 104 cm³/mol. The summed E-state index contributed by atoms with van der Waals surface area (Å²) < 4.78 is 0. The van der Waals surface area contributed by atoms with Crippen molar-refractivity contribution in [2.24, 2.45) is 9.98 Å². The Labute approximate surface area is 143 Å². The maximum absolute atomic E-state index is 4.34. The highest BCUT2D eigenvalue weighted by atomic mass is 32.2. The van der Waals surface area contributed by atoms with Gasteiger partial charge in [-0.25, -0.2) is 0 Å². The maximum Gasteiger partial charge on any atom is 0.129 e. The fraction of sp³-hybridized carbons (Fsp3) is 0.211. The Balaban J connectivity index is 2.24. The molecule has 2 aromatic carbocycles. The predicted octanol–water partition coefficient (Wildman–Crippen LogP) is 5.77. The quantitative estimate of drug-likeness (QED) is 0.302. The number of aliphatic imine (C=N–C) groups is 2. The minimum Gasteiger partial charge on any atom is -0.188 e. The first-order valence-electron chi connectivity index (χ1n) is 7.41. The Morgan fingerprint density at radius 3 is 2.26 bits per heavy atom. The van der Waals surface area contributed by atoms with Crippen LogP contribution < -0.4 is 0 Å². The number of para-hydroxylation sites is 1. The number of thioether (sulfide) groups is 1. The standard InChI is InChI=1S/C19H20N2SSi/c1-22-18-11-9-17(10-12-18)20-15-21-19-8-6-5-7-16(19)13-14-23(2,3)4/h5-12H,1-4H3. The first-order chi connectivity index (χ1) is 11.0. The lowest BCUT2D eigenvalue weighted by molar-refractivity contribution is 1.42. The van der Waals surface area contributed by atoms with Gasteiger partial charge in [0.15, 0.2) is 0 Å². The molecule has 116 valence electrons. The summed E-state index contributed by atoms with van der Waals surface area (Å²) in [7, 11) is -1.40. The molecular weight excluding hydrogens is 316 g/mol. The van der Waals surface area contributed by atoms with Crippen molar-refractivity contribution >= 4 is 37.2 Å². The monoisotopic (exact) mass is 336 g/mol. The van der Waals surface area contributed by atoms with Gasteiger partial charge in [-0.3, -0.25) is 0 Å². The van der Waals surface area contributed by atoms with Crippen LogP contribution in [0.15, 0.2) is 63.4 Å². The molecular formula is C19H20N2SSi. The lowest BCUT2D eigenvalue weighted by Crippen LogP contribution is -2.16. The number of hydrogen-bond donors (Lipinski definition) is 0. The van der Waals surface area contributed by atoms with Gasteiger partial charge in [0.2, 0.25) is 0 Å². The van der Waals surface area contributed by atoms with E-state index in [9.17, 15) is 0 Å². The van der Waals surface area contributed by atoms with Gasteiger partial charge in [0.05, 0.1) is 16.9 Å². The highest BCUT2D eigenvalue weighted by molar-refractivity contribution is 7.98. The smallest absolute Gasteiger partial charge is 0.129 e. The average molecular weight is 337 g/mol. The van der Waals surface area contributed by atoms with E-state index in [4.69, 9.17) is 0 Å². The van der Waals surface area contributed by atoms with E-state index in [0.29, 0.717) is 0 Å². The van der Waals surface area contributed by atoms with E-state index in [1.807, 2.05) is 48.5 Å². The van der Waals surface area contributed by atoms with Crippen molar-refractivity contribution in [1.82, 2.24) is 0 Å². The summed E-state index contributed by atoms with van der Waals surface area (Å²) in [5.74, 6) is 3.25. The van der Waals surface area contributed by atoms with Crippen LogP contribution in [-0.2, 0) is 0 Å². The molecule has 2 nitrogen and oxygen atoms in total. The van der Waals surface area contributed by atoms with Crippen molar-refractivity contribution in [2.45, 2.75) is 24.5 Å². The maximum atomic E-state index is 4.34. The van der Waals surface area contributed by atoms with E-state index in [1.54, 1.807) is 11.8 Å². The molecule has 0 aliphatic carbocycles. The third-order valence-corrected chi connectivity index (χ3v) is 4.52. The van der Waals surface area contributed by atoms with E-state index < -0.39 is 8.07 Å². The van der Waals surface area contributed by atoms with Gasteiger partial charge in [-0.05, 0) is 42.7 Å². The Morgan fingerprint density at radius 1 is 0.913 bits per heavy atom. The van der Waals surface area contributed by atoms with Crippen LogP contribution in [0.3, 0.4) is 0 Å². The van der Waals surface area contributed by atoms with Gasteiger partial charge in [0, 0.05) is 4.90 Å². The molecule has 0 bridgehead atoms. The van der Waals surface area contributed by atoms with Gasteiger partial charge in [0.25, 0.3) is 0 Å². The fourth-order valence-electron chi connectivity index (χ4n) is 1.73. The largest absolute Gasteiger partial charge is 0.188 e. The molecule has 4 heteroatoms. The lowest BCUT2D eigenvalue weighted by atomic mass is 10.2. The SMILES string of the molecule is CSc1ccc(N=C=Nc2ccccc2C#C[Si](C)(C)C)cc1. The topological polar surface area (TPSA) is 24.7 Å². The van der Waals surface area contributed by atoms with E-state index >= 15 is 0 Å². The molecule has 0 atom stereocenters. The zero-order valence-corrected chi connectivity index (χ0v) is 15.7. The second-order valence-electron chi connectivity index (χ2n) is 6.04. The summed E-state index contributed by atoms with van der Waals surface area (Å²) in [6.07, 6.45) is 2.05. The van der Waals surface area contributed by atoms with E-state index in [0.717, 1.165) is 16.9 Å². The van der Waals surface area contributed by atoms with Crippen molar-refractivity contribution in [2.75, 3.05) is 6.26 Å². The number of rotatable bonds is 3. The molecule has 2 rings (SSSR count). The van der Waals surface area contributed by atoms with Crippen LogP contribution in [-0.4, -0.2) is 20.3 Å². The third-order valence-electron chi connectivity index (χ3n) is 2.90. The molecule has 0 heterocycles. The van der Waals surface area contributed by atoms with Crippen LogP contribution in [0.2, 0.25) is 19.6 Å². The van der Waals surface area contributed by atoms with Crippen molar-refractivity contribution in [3.05, 3.63) is 54.1 Å². The second-order valence-corrected chi connectivity index (χ2v) is 11.7. The number of benzene rings is 2. The zero-order chi connectivity index (χ0) is 16.7. The molecule has 0 saturated heterocycles. The van der Waals surface area contributed by atoms with Crippen LogP contribution in [0.4, 0.5) is 11.4 Å². The van der Waals surface area contributed by atoms with Gasteiger partial charge >= 0.3 is 0 Å². The lowest BCUT2D eigenvalue weighted by Gasteiger charge is -2.03. The Hall–Kier alpha value is -2.05. The second kappa shape index (κ2) is 7.98. The Bertz CT molecular complexity index is 787. The summed E-state index contributed by atoms with van der Waals surface area (Å²) >= 11 is 1.71. The number of nitrogens with zero attached hydrogens (tertiary/aromatic N) is 2. The summed E-state index contributed by atoms with van der Waals surface area (Å²) in [4.78, 5) is 9.81. The minimum atomic E-state index is -1.40. The van der Waals surface area contributed by atoms with E-state index in [2.05, 4.69) is 53.4 Å². The molecule has 0 radical (unpaired) electrons. The van der Waals surface area contributed by atoms with Gasteiger partial charge in [-0.2, -0.15) is 9.98 Å². The van der Waals surface area contributed by atoms with Gasteiger partial charge in [-0.1, -0.05) is 37.7 Å². The molecule has 2 aromatic rings. The summed E-state index contributed by atoms with van der Waals surface area (Å²) in [5, 5.41) is 0. The molecule has 0 saturated carbocycles. The van der Waals surface area contributed by atoms with Crippen molar-refractivity contribution in [3.63, 3.8) is 0 Å². The molecule has 23 heavy (non-hydrogen) atoms. The van der Waals surface area contributed by atoms with Crippen LogP contribution in [0, 0.1) is 11.5 Å². The zero-order valence-electron chi connectivity index (χ0n) is 13.9. The van der Waals surface area contributed by atoms with E-state index in [-0.39, 0.29) is 0 Å². The van der Waals surface area contributed by atoms with Crippen molar-refractivity contribution in [1.29, 1.82) is 0 Å². The third kappa shape index (κ3) is 5.92. The molecule has 0 unspecified atom stereocenters.